The van der Waals surface area contributed by atoms with Gasteiger partial charge < -0.3 is 15.5 Å². The average Bonchev–Trinajstić information content (AvgIpc) is 3.68. The molecule has 0 aliphatic rings. The number of nitrogens with one attached hydrogen (secondary N) is 1. The molecule has 0 bridgehead atoms. The van der Waals surface area contributed by atoms with Crippen LogP contribution in [0, 0.1) is 5.82 Å². The second-order valence-corrected chi connectivity index (χ2v) is 8.50. The number of hydrogen-bond donors (Lipinski definition) is 2. The van der Waals surface area contributed by atoms with E-state index in [0.29, 0.717) is 39.5 Å². The number of nitrogens with zero attached hydrogens (tertiary/aromatic N) is 7. The van der Waals surface area contributed by atoms with Crippen LogP contribution in [0.5, 0.6) is 0 Å². The molecule has 0 aliphatic carbocycles. The monoisotopic (exact) mass is 497 g/mol. The topological polar surface area (TPSA) is 142 Å². The highest BCUT2D eigenvalue weighted by molar-refractivity contribution is 5.94. The van der Waals surface area contributed by atoms with Gasteiger partial charge >= 0.3 is 0 Å². The van der Waals surface area contributed by atoms with Crippen LogP contribution in [0.4, 0.5) is 10.3 Å². The van der Waals surface area contributed by atoms with Gasteiger partial charge in [0.2, 0.25) is 11.8 Å². The van der Waals surface area contributed by atoms with Gasteiger partial charge in [-0.05, 0) is 36.8 Å². The van der Waals surface area contributed by atoms with Crippen molar-refractivity contribution in [1.29, 1.82) is 0 Å². The van der Waals surface area contributed by atoms with Gasteiger partial charge in [0.05, 0.1) is 36.3 Å². The zero-order valence-corrected chi connectivity index (χ0v) is 19.5. The third kappa shape index (κ3) is 3.66. The highest BCUT2D eigenvalue weighted by atomic mass is 19.1. The van der Waals surface area contributed by atoms with Gasteiger partial charge in [-0.25, -0.2) is 14.1 Å². The molecule has 0 spiro atoms. The van der Waals surface area contributed by atoms with Crippen molar-refractivity contribution in [3.05, 3.63) is 90.3 Å². The number of pyridine rings is 1. The Morgan fingerprint density at radius 3 is 2.65 bits per heavy atom. The Hall–Kier alpha value is -5.13. The average molecular weight is 497 g/mol. The van der Waals surface area contributed by atoms with Crippen molar-refractivity contribution in [2.24, 2.45) is 0 Å². The van der Waals surface area contributed by atoms with E-state index < -0.39 is 11.4 Å². The number of carbonyl (C=O) groups excluding carboxylic acids is 1. The van der Waals surface area contributed by atoms with Crippen LogP contribution in [-0.2, 0) is 16.9 Å². The van der Waals surface area contributed by atoms with E-state index in [2.05, 4.69) is 30.5 Å². The number of halogens is 1. The molecule has 0 fully saturated rings. The molecule has 6 rings (SSSR count). The summed E-state index contributed by atoms with van der Waals surface area (Å²) >= 11 is 0. The summed E-state index contributed by atoms with van der Waals surface area (Å²) < 4.78 is 21.6. The molecule has 12 heteroatoms. The summed E-state index contributed by atoms with van der Waals surface area (Å²) in [5.41, 5.74) is 6.88. The maximum atomic E-state index is 13.8. The van der Waals surface area contributed by atoms with Gasteiger partial charge in [-0.2, -0.15) is 14.6 Å². The normalized spacial score (nSPS) is 13.1. The van der Waals surface area contributed by atoms with E-state index in [1.807, 2.05) is 30.3 Å². The fourth-order valence-corrected chi connectivity index (χ4v) is 4.21. The molecule has 0 radical (unpaired) electrons. The van der Waals surface area contributed by atoms with E-state index in [1.54, 1.807) is 25.3 Å². The zero-order valence-electron chi connectivity index (χ0n) is 19.5. The molecule has 1 amide bonds. The molecule has 1 aromatic carbocycles. The molecule has 0 aliphatic heterocycles. The smallest absolute Gasteiger partial charge is 0.252 e. The largest absolute Gasteiger partial charge is 0.461 e. The summed E-state index contributed by atoms with van der Waals surface area (Å²) in [6, 6.07) is 15.5. The maximum Gasteiger partial charge on any atom is 0.252 e. The van der Waals surface area contributed by atoms with E-state index in [4.69, 9.17) is 10.2 Å². The van der Waals surface area contributed by atoms with E-state index in [9.17, 15) is 9.18 Å². The standard InChI is InChI=1S/C25H20FN9O2/c1-25(15-6-3-2-4-7-15,23(36)29-13-17-10-9-16(26)12-28-17)35-22-18(14-30-35)21-31-20(19-8-5-11-37-19)33-34(21)24(27)32-22/h2-12,14H,13H2,1H3,(H2,27,32)(H,29,36). The second kappa shape index (κ2) is 8.52. The van der Waals surface area contributed by atoms with Gasteiger partial charge in [-0.1, -0.05) is 30.3 Å². The molecule has 1 atom stereocenters. The van der Waals surface area contributed by atoms with Crippen LogP contribution in [0.25, 0.3) is 28.3 Å². The summed E-state index contributed by atoms with van der Waals surface area (Å²) in [4.78, 5) is 26.9. The lowest BCUT2D eigenvalue weighted by Crippen LogP contribution is -2.48. The van der Waals surface area contributed by atoms with Gasteiger partial charge in [0, 0.05) is 0 Å². The quantitative estimate of drug-likeness (QED) is 0.358. The van der Waals surface area contributed by atoms with E-state index >= 15 is 0 Å². The number of benzene rings is 1. The fraction of sp³-hybridized carbons (Fsp3) is 0.120. The number of aromatic nitrogens is 7. The molecule has 1 unspecified atom stereocenters. The SMILES string of the molecule is CC(C(=O)NCc1ccc(F)cn1)(c1ccccc1)n1ncc2c1nc(N)n1nc(-c3ccco3)nc21. The molecular weight excluding hydrogens is 477 g/mol. The summed E-state index contributed by atoms with van der Waals surface area (Å²) in [6.07, 6.45) is 4.21. The third-order valence-electron chi connectivity index (χ3n) is 6.19. The number of nitrogens with two attached hydrogens (primary N) is 1. The number of anilines is 1. The minimum absolute atomic E-state index is 0.0703. The van der Waals surface area contributed by atoms with Gasteiger partial charge in [-0.3, -0.25) is 9.78 Å². The number of hydrogen-bond acceptors (Lipinski definition) is 8. The molecule has 6 aromatic rings. The van der Waals surface area contributed by atoms with Crippen LogP contribution >= 0.6 is 0 Å². The van der Waals surface area contributed by atoms with Crippen LogP contribution in [0.3, 0.4) is 0 Å². The highest BCUT2D eigenvalue weighted by Gasteiger charge is 2.40. The predicted molar refractivity (Wildman–Crippen MR) is 131 cm³/mol. The number of nitrogen functional groups attached to an aromatic ring is 1. The van der Waals surface area contributed by atoms with Crippen LogP contribution in [0.2, 0.25) is 0 Å². The Morgan fingerprint density at radius 2 is 1.92 bits per heavy atom. The highest BCUT2D eigenvalue weighted by Crippen LogP contribution is 2.31. The molecule has 5 heterocycles. The summed E-state index contributed by atoms with van der Waals surface area (Å²) in [5, 5.41) is 12.4. The molecule has 0 saturated heterocycles. The van der Waals surface area contributed by atoms with Crippen LogP contribution in [-0.4, -0.2) is 40.3 Å². The number of amides is 1. The van der Waals surface area contributed by atoms with Gasteiger partial charge in [-0.15, -0.1) is 5.10 Å². The Bertz CT molecular complexity index is 1730. The first kappa shape index (κ1) is 22.3. The Labute approximate surface area is 208 Å². The van der Waals surface area contributed by atoms with Crippen molar-refractivity contribution < 1.29 is 13.6 Å². The minimum Gasteiger partial charge on any atom is -0.461 e. The second-order valence-electron chi connectivity index (χ2n) is 8.50. The maximum absolute atomic E-state index is 13.8. The molecular formula is C25H20FN9O2. The lowest BCUT2D eigenvalue weighted by atomic mass is 9.91. The van der Waals surface area contributed by atoms with Crippen LogP contribution in [0.15, 0.2) is 77.7 Å². The predicted octanol–water partition coefficient (Wildman–Crippen LogP) is 2.93. The van der Waals surface area contributed by atoms with Crippen molar-refractivity contribution in [3.63, 3.8) is 0 Å². The van der Waals surface area contributed by atoms with E-state index in [-0.39, 0.29) is 18.4 Å². The van der Waals surface area contributed by atoms with Crippen molar-refractivity contribution in [2.45, 2.75) is 19.0 Å². The number of furan rings is 1. The third-order valence-corrected chi connectivity index (χ3v) is 6.19. The van der Waals surface area contributed by atoms with Crippen LogP contribution in [0.1, 0.15) is 18.2 Å². The number of fused-ring (bicyclic) bond motifs is 3. The first-order valence-corrected chi connectivity index (χ1v) is 11.3. The van der Waals surface area contributed by atoms with Crippen molar-refractivity contribution in [2.75, 3.05) is 5.73 Å². The Kier molecular flexibility index (Phi) is 5.14. The van der Waals surface area contributed by atoms with Crippen molar-refractivity contribution >= 4 is 28.5 Å². The Morgan fingerprint density at radius 1 is 1.08 bits per heavy atom. The minimum atomic E-state index is -1.33. The van der Waals surface area contributed by atoms with Gasteiger partial charge in [0.15, 0.2) is 22.6 Å². The summed E-state index contributed by atoms with van der Waals surface area (Å²) in [7, 11) is 0. The molecule has 5 aromatic heterocycles. The van der Waals surface area contributed by atoms with E-state index in [0.717, 1.165) is 6.20 Å². The van der Waals surface area contributed by atoms with Crippen LogP contribution < -0.4 is 11.1 Å². The molecule has 0 saturated carbocycles. The lowest BCUT2D eigenvalue weighted by Gasteiger charge is -2.29. The van der Waals surface area contributed by atoms with Crippen molar-refractivity contribution in [1.82, 2.24) is 39.7 Å². The fourth-order valence-electron chi connectivity index (χ4n) is 4.21. The molecule has 3 N–H and O–H groups in total. The lowest BCUT2D eigenvalue weighted by molar-refractivity contribution is -0.127. The van der Waals surface area contributed by atoms with Crippen molar-refractivity contribution in [3.8, 4) is 11.6 Å². The Balaban J connectivity index is 1.47. The zero-order chi connectivity index (χ0) is 25.6. The first-order valence-electron chi connectivity index (χ1n) is 11.3. The van der Waals surface area contributed by atoms with E-state index in [1.165, 1.54) is 27.6 Å². The number of rotatable bonds is 6. The molecule has 37 heavy (non-hydrogen) atoms. The molecule has 11 nitrogen and oxygen atoms in total. The van der Waals surface area contributed by atoms with Gasteiger partial charge in [0.25, 0.3) is 5.91 Å². The summed E-state index contributed by atoms with van der Waals surface area (Å²) in [6.45, 7) is 1.83. The van der Waals surface area contributed by atoms with Gasteiger partial charge in [0.1, 0.15) is 5.82 Å². The number of carbonyl (C=O) groups is 1. The summed E-state index contributed by atoms with van der Waals surface area (Å²) in [5.74, 6) is 0.0697. The molecule has 184 valence electrons. The first-order chi connectivity index (χ1) is 17.9.